The first-order chi connectivity index (χ1) is 13.6. The van der Waals surface area contributed by atoms with E-state index >= 15 is 0 Å². The zero-order chi connectivity index (χ0) is 20.0. The van der Waals surface area contributed by atoms with Crippen LogP contribution in [0.1, 0.15) is 29.3 Å². The summed E-state index contributed by atoms with van der Waals surface area (Å²) in [5, 5.41) is 12.6. The van der Waals surface area contributed by atoms with Crippen LogP contribution < -0.4 is 5.32 Å². The first kappa shape index (κ1) is 19.6. The van der Waals surface area contributed by atoms with E-state index in [0.29, 0.717) is 24.3 Å². The number of carbonyl (C=O) groups excluding carboxylic acids is 1. The smallest absolute Gasteiger partial charge is 0.337 e. The van der Waals surface area contributed by atoms with Crippen molar-refractivity contribution in [2.75, 3.05) is 13.2 Å². The lowest BCUT2D eigenvalue weighted by Crippen LogP contribution is -2.36. The van der Waals surface area contributed by atoms with Crippen LogP contribution in [-0.2, 0) is 15.1 Å². The molecule has 1 atom stereocenters. The van der Waals surface area contributed by atoms with Gasteiger partial charge in [0.05, 0.1) is 12.1 Å². The van der Waals surface area contributed by atoms with Crippen molar-refractivity contribution in [1.82, 2.24) is 5.32 Å². The molecule has 5 heteroatoms. The average molecular weight is 377 g/mol. The molecule has 1 aliphatic rings. The molecule has 0 aromatic heterocycles. The Morgan fingerprint density at radius 3 is 2.32 bits per heavy atom. The molecule has 0 amide bonds. The molecule has 0 spiro atoms. The summed E-state index contributed by atoms with van der Waals surface area (Å²) < 4.78 is 6.07. The second kappa shape index (κ2) is 8.67. The molecule has 0 saturated carbocycles. The number of carbonyl (C=O) groups is 2. The van der Waals surface area contributed by atoms with Crippen molar-refractivity contribution in [3.05, 3.63) is 95.2 Å². The molecular weight excluding hydrogens is 354 g/mol. The number of benzene rings is 2. The maximum absolute atomic E-state index is 12.4. The van der Waals surface area contributed by atoms with Gasteiger partial charge < -0.3 is 15.2 Å². The van der Waals surface area contributed by atoms with Crippen molar-refractivity contribution in [3.63, 3.8) is 0 Å². The number of Topliss-reactive ketones (excluding diaryl/α,β-unsaturated/α-hetero) is 1. The first-order valence-corrected chi connectivity index (χ1v) is 9.23. The van der Waals surface area contributed by atoms with Gasteiger partial charge in [0.15, 0.2) is 5.78 Å². The highest BCUT2D eigenvalue weighted by Crippen LogP contribution is 2.38. The molecule has 0 aliphatic heterocycles. The molecule has 2 aromatic carbocycles. The van der Waals surface area contributed by atoms with E-state index < -0.39 is 11.6 Å². The predicted molar refractivity (Wildman–Crippen MR) is 107 cm³/mol. The molecule has 2 aromatic rings. The molecule has 144 valence electrons. The quantitative estimate of drug-likeness (QED) is 0.686. The van der Waals surface area contributed by atoms with Gasteiger partial charge in [0, 0.05) is 24.3 Å². The van der Waals surface area contributed by atoms with Crippen LogP contribution in [0.5, 0.6) is 0 Å². The molecule has 0 fully saturated rings. The fraction of sp³-hybridized carbons (Fsp3) is 0.217. The standard InChI is InChI=1S/C23H23NO4/c1-2-28-23(18-11-7-4-8-12-18)14-13-19(22(26)27)20(15-23)24-16-21(25)17-9-5-3-6-10-17/h3-14,24H,2,15-16H2,1H3,(H,26,27). The number of hydrogen-bond acceptors (Lipinski definition) is 4. The van der Waals surface area contributed by atoms with Crippen molar-refractivity contribution < 1.29 is 19.4 Å². The third-order valence-electron chi connectivity index (χ3n) is 4.74. The van der Waals surface area contributed by atoms with Crippen molar-refractivity contribution in [2.45, 2.75) is 18.9 Å². The van der Waals surface area contributed by atoms with Crippen LogP contribution in [0.4, 0.5) is 0 Å². The number of hydrogen-bond donors (Lipinski definition) is 2. The number of aliphatic carboxylic acids is 1. The Bertz CT molecular complexity index is 903. The zero-order valence-electron chi connectivity index (χ0n) is 15.7. The molecule has 0 saturated heterocycles. The Morgan fingerprint density at radius 2 is 1.71 bits per heavy atom. The predicted octanol–water partition coefficient (Wildman–Crippen LogP) is 3.69. The van der Waals surface area contributed by atoms with Gasteiger partial charge in [-0.25, -0.2) is 4.79 Å². The molecule has 0 heterocycles. The van der Waals surface area contributed by atoms with Gasteiger partial charge in [0.25, 0.3) is 0 Å². The van der Waals surface area contributed by atoms with Gasteiger partial charge in [-0.2, -0.15) is 0 Å². The van der Waals surface area contributed by atoms with Gasteiger partial charge in [-0.05, 0) is 24.6 Å². The van der Waals surface area contributed by atoms with Gasteiger partial charge in [-0.15, -0.1) is 0 Å². The van der Waals surface area contributed by atoms with E-state index in [1.807, 2.05) is 43.3 Å². The van der Waals surface area contributed by atoms with Crippen molar-refractivity contribution in [1.29, 1.82) is 0 Å². The van der Waals surface area contributed by atoms with Crippen molar-refractivity contribution in [2.24, 2.45) is 0 Å². The Balaban J connectivity index is 1.87. The fourth-order valence-electron chi connectivity index (χ4n) is 3.37. The first-order valence-electron chi connectivity index (χ1n) is 9.23. The Kier molecular flexibility index (Phi) is 6.06. The van der Waals surface area contributed by atoms with Crippen molar-refractivity contribution >= 4 is 11.8 Å². The number of carboxylic acids is 1. The second-order valence-electron chi connectivity index (χ2n) is 6.54. The van der Waals surface area contributed by atoms with Crippen LogP contribution in [0, 0.1) is 0 Å². The number of rotatable bonds is 8. The minimum Gasteiger partial charge on any atom is -0.478 e. The van der Waals surface area contributed by atoms with Gasteiger partial charge in [0.1, 0.15) is 5.60 Å². The molecular formula is C23H23NO4. The molecule has 2 N–H and O–H groups in total. The van der Waals surface area contributed by atoms with E-state index in [1.165, 1.54) is 0 Å². The lowest BCUT2D eigenvalue weighted by Gasteiger charge is -2.35. The lowest BCUT2D eigenvalue weighted by atomic mass is 9.83. The lowest BCUT2D eigenvalue weighted by molar-refractivity contribution is -0.132. The van der Waals surface area contributed by atoms with Crippen LogP contribution in [0.3, 0.4) is 0 Å². The van der Waals surface area contributed by atoms with E-state index in [0.717, 1.165) is 5.56 Å². The number of nitrogens with one attached hydrogen (secondary N) is 1. The Morgan fingerprint density at radius 1 is 1.07 bits per heavy atom. The minimum absolute atomic E-state index is 0.0148. The molecule has 1 aliphatic carbocycles. The summed E-state index contributed by atoms with van der Waals surface area (Å²) in [6.07, 6.45) is 3.66. The van der Waals surface area contributed by atoms with Gasteiger partial charge in [-0.1, -0.05) is 60.7 Å². The largest absolute Gasteiger partial charge is 0.478 e. The highest BCUT2D eigenvalue weighted by atomic mass is 16.5. The highest BCUT2D eigenvalue weighted by molar-refractivity contribution is 5.98. The van der Waals surface area contributed by atoms with Gasteiger partial charge >= 0.3 is 5.97 Å². The topological polar surface area (TPSA) is 75.6 Å². The average Bonchev–Trinajstić information content (AvgIpc) is 2.73. The molecule has 28 heavy (non-hydrogen) atoms. The van der Waals surface area contributed by atoms with E-state index in [4.69, 9.17) is 4.74 Å². The Labute approximate surface area is 164 Å². The summed E-state index contributed by atoms with van der Waals surface area (Å²) in [6, 6.07) is 18.6. The molecule has 0 radical (unpaired) electrons. The van der Waals surface area contributed by atoms with Gasteiger partial charge in [0.2, 0.25) is 0 Å². The third-order valence-corrected chi connectivity index (χ3v) is 4.74. The monoisotopic (exact) mass is 377 g/mol. The number of ether oxygens (including phenoxy) is 1. The summed E-state index contributed by atoms with van der Waals surface area (Å²) in [7, 11) is 0. The number of carboxylic acid groups (broad SMARTS) is 1. The van der Waals surface area contributed by atoms with E-state index in [2.05, 4.69) is 5.32 Å². The third kappa shape index (κ3) is 4.21. The maximum atomic E-state index is 12.4. The minimum atomic E-state index is -1.04. The van der Waals surface area contributed by atoms with Crippen LogP contribution in [-0.4, -0.2) is 30.0 Å². The summed E-state index contributed by atoms with van der Waals surface area (Å²) in [6.45, 7) is 2.39. The molecule has 5 nitrogen and oxygen atoms in total. The van der Waals surface area contributed by atoms with E-state index in [1.54, 1.807) is 36.4 Å². The van der Waals surface area contributed by atoms with Crippen LogP contribution in [0.2, 0.25) is 0 Å². The van der Waals surface area contributed by atoms with Gasteiger partial charge in [-0.3, -0.25) is 4.79 Å². The Hall–Kier alpha value is -3.18. The van der Waals surface area contributed by atoms with E-state index in [-0.39, 0.29) is 17.9 Å². The molecule has 3 rings (SSSR count). The van der Waals surface area contributed by atoms with Crippen LogP contribution >= 0.6 is 0 Å². The summed E-state index contributed by atoms with van der Waals surface area (Å²) in [5.74, 6) is -1.14. The van der Waals surface area contributed by atoms with Crippen LogP contribution in [0.25, 0.3) is 0 Å². The molecule has 0 bridgehead atoms. The summed E-state index contributed by atoms with van der Waals surface area (Å²) >= 11 is 0. The van der Waals surface area contributed by atoms with Crippen molar-refractivity contribution in [3.8, 4) is 0 Å². The summed E-state index contributed by atoms with van der Waals surface area (Å²) in [4.78, 5) is 24.1. The molecule has 1 unspecified atom stereocenters. The zero-order valence-corrected chi connectivity index (χ0v) is 15.7. The number of ketones is 1. The summed E-state index contributed by atoms with van der Waals surface area (Å²) in [5.41, 5.74) is 1.38. The maximum Gasteiger partial charge on any atom is 0.337 e. The SMILES string of the molecule is CCOC1(c2ccccc2)C=CC(C(=O)O)=C(NCC(=O)c2ccccc2)C1. The fourth-order valence-corrected chi connectivity index (χ4v) is 3.37. The highest BCUT2D eigenvalue weighted by Gasteiger charge is 2.36. The van der Waals surface area contributed by atoms with Crippen LogP contribution in [0.15, 0.2) is 84.1 Å². The second-order valence-corrected chi connectivity index (χ2v) is 6.54. The normalized spacial score (nSPS) is 18.8. The van der Waals surface area contributed by atoms with E-state index in [9.17, 15) is 14.7 Å².